The van der Waals surface area contributed by atoms with Gasteiger partial charge in [0.1, 0.15) is 11.6 Å². The van der Waals surface area contributed by atoms with Gasteiger partial charge in [-0.05, 0) is 24.0 Å². The number of halogens is 2. The van der Waals surface area contributed by atoms with Crippen LogP contribution < -0.4 is 21.9 Å². The highest BCUT2D eigenvalue weighted by molar-refractivity contribution is 6.31. The number of likely N-dealkylation sites (N-methyl/N-ethyl adjacent to an activating group) is 1. The zero-order valence-corrected chi connectivity index (χ0v) is 20.8. The smallest absolute Gasteiger partial charge is 0.330 e. The number of rotatable bonds is 9. The highest BCUT2D eigenvalue weighted by Crippen LogP contribution is 2.21. The van der Waals surface area contributed by atoms with Crippen molar-refractivity contribution < 1.29 is 14.0 Å². The molecule has 1 heterocycles. The first-order valence-electron chi connectivity index (χ1n) is 10.9. The van der Waals surface area contributed by atoms with Crippen LogP contribution in [0.15, 0.2) is 27.8 Å². The Hall–Kier alpha value is -3.14. The van der Waals surface area contributed by atoms with Gasteiger partial charge < -0.3 is 15.5 Å². The Bertz CT molecular complexity index is 1150. The highest BCUT2D eigenvalue weighted by Gasteiger charge is 2.27. The lowest BCUT2D eigenvalue weighted by Gasteiger charge is -2.28. The number of hydrogen-bond acceptors (Lipinski definition) is 5. The minimum Gasteiger partial charge on any atom is -0.383 e. The molecular weight excluding hydrogens is 465 g/mol. The number of nitrogens with one attached hydrogen (secondary N) is 1. The Kier molecular flexibility index (Phi) is 9.03. The first-order chi connectivity index (χ1) is 15.8. The van der Waals surface area contributed by atoms with Crippen molar-refractivity contribution >= 4 is 34.9 Å². The summed E-state index contributed by atoms with van der Waals surface area (Å²) in [5.74, 6) is -1.83. The lowest BCUT2D eigenvalue weighted by molar-refractivity contribution is -0.133. The third-order valence-corrected chi connectivity index (χ3v) is 5.42. The number of benzene rings is 1. The number of nitrogen functional groups attached to an aromatic ring is 1. The lowest BCUT2D eigenvalue weighted by Crippen LogP contribution is -2.47. The van der Waals surface area contributed by atoms with Crippen molar-refractivity contribution in [2.45, 2.75) is 40.7 Å². The van der Waals surface area contributed by atoms with Gasteiger partial charge in [-0.2, -0.15) is 0 Å². The van der Waals surface area contributed by atoms with Gasteiger partial charge in [-0.15, -0.1) is 0 Å². The Morgan fingerprint density at radius 3 is 2.35 bits per heavy atom. The van der Waals surface area contributed by atoms with Gasteiger partial charge in [0.15, 0.2) is 5.69 Å². The molecule has 1 aromatic heterocycles. The third-order valence-electron chi connectivity index (χ3n) is 5.07. The van der Waals surface area contributed by atoms with Crippen molar-refractivity contribution in [1.29, 1.82) is 0 Å². The van der Waals surface area contributed by atoms with Gasteiger partial charge in [0.05, 0.1) is 13.0 Å². The normalized spacial score (nSPS) is 11.2. The molecule has 0 fully saturated rings. The van der Waals surface area contributed by atoms with Crippen LogP contribution in [0, 0.1) is 17.7 Å². The van der Waals surface area contributed by atoms with Crippen LogP contribution in [-0.2, 0) is 22.6 Å². The predicted octanol–water partition coefficient (Wildman–Crippen LogP) is 2.26. The van der Waals surface area contributed by atoms with E-state index in [0.29, 0.717) is 0 Å². The second-order valence-corrected chi connectivity index (χ2v) is 9.43. The second kappa shape index (κ2) is 11.3. The summed E-state index contributed by atoms with van der Waals surface area (Å²) < 4.78 is 15.3. The second-order valence-electron chi connectivity index (χ2n) is 9.02. The van der Waals surface area contributed by atoms with E-state index in [1.807, 2.05) is 27.7 Å². The molecule has 2 aromatic rings. The first kappa shape index (κ1) is 27.1. The maximum atomic E-state index is 14.1. The summed E-state index contributed by atoms with van der Waals surface area (Å²) in [6.45, 7) is 7.47. The minimum absolute atomic E-state index is 0.0361. The van der Waals surface area contributed by atoms with Crippen LogP contribution >= 0.6 is 11.6 Å². The van der Waals surface area contributed by atoms with Gasteiger partial charge in [-0.1, -0.05) is 45.4 Å². The van der Waals surface area contributed by atoms with Crippen LogP contribution in [0.2, 0.25) is 5.02 Å². The maximum absolute atomic E-state index is 14.1. The summed E-state index contributed by atoms with van der Waals surface area (Å²) in [6.07, 6.45) is -0.332. The summed E-state index contributed by atoms with van der Waals surface area (Å²) >= 11 is 6.00. The third kappa shape index (κ3) is 6.47. The summed E-state index contributed by atoms with van der Waals surface area (Å²) in [7, 11) is 1.40. The molecule has 34 heavy (non-hydrogen) atoms. The molecule has 0 aliphatic rings. The largest absolute Gasteiger partial charge is 0.383 e. The van der Waals surface area contributed by atoms with Gasteiger partial charge in [-0.3, -0.25) is 23.9 Å². The van der Waals surface area contributed by atoms with E-state index in [1.54, 1.807) is 0 Å². The summed E-state index contributed by atoms with van der Waals surface area (Å²) in [5.41, 5.74) is 4.63. The number of aromatic amines is 1. The van der Waals surface area contributed by atoms with Gasteiger partial charge in [-0.25, -0.2) is 9.18 Å². The number of hydrogen-bond donors (Lipinski definition) is 2. The van der Waals surface area contributed by atoms with Crippen molar-refractivity contribution in [3.63, 3.8) is 0 Å². The van der Waals surface area contributed by atoms with Crippen LogP contribution in [0.3, 0.4) is 0 Å². The monoisotopic (exact) mass is 495 g/mol. The number of aromatic nitrogens is 2. The molecule has 0 saturated heterocycles. The number of nitrogens with two attached hydrogens (primary N) is 1. The molecule has 9 nitrogen and oxygen atoms in total. The van der Waals surface area contributed by atoms with Crippen molar-refractivity contribution in [2.75, 3.05) is 30.8 Å². The van der Waals surface area contributed by atoms with Crippen molar-refractivity contribution in [3.05, 3.63) is 55.4 Å². The SMILES string of the molecule is CC(C)CN(C(=O)CN(C)C(=O)Cc1c(F)cccc1Cl)c1c(N)n(CC(C)C)c(=O)[nH]c1=O. The van der Waals surface area contributed by atoms with Gasteiger partial charge in [0.2, 0.25) is 11.8 Å². The molecule has 0 spiro atoms. The highest BCUT2D eigenvalue weighted by atomic mass is 35.5. The molecule has 0 atom stereocenters. The molecule has 1 aromatic carbocycles. The summed E-state index contributed by atoms with van der Waals surface area (Å²) in [5, 5.41) is 0.112. The van der Waals surface area contributed by atoms with E-state index in [-0.39, 0.29) is 60.0 Å². The fourth-order valence-electron chi connectivity index (χ4n) is 3.43. The molecule has 0 saturated carbocycles. The fraction of sp³-hybridized carbons (Fsp3) is 0.478. The molecular formula is C23H31ClFN5O4. The zero-order chi connectivity index (χ0) is 25.7. The number of amides is 2. The predicted molar refractivity (Wildman–Crippen MR) is 131 cm³/mol. The Balaban J connectivity index is 2.36. The van der Waals surface area contributed by atoms with Crippen LogP contribution in [0.4, 0.5) is 15.9 Å². The molecule has 11 heteroatoms. The summed E-state index contributed by atoms with van der Waals surface area (Å²) in [4.78, 5) is 55.4. The van der Waals surface area contributed by atoms with E-state index in [1.165, 1.54) is 34.7 Å². The van der Waals surface area contributed by atoms with Gasteiger partial charge in [0, 0.05) is 30.7 Å². The number of carbonyl (C=O) groups excluding carboxylic acids is 2. The first-order valence-corrected chi connectivity index (χ1v) is 11.3. The van der Waals surface area contributed by atoms with Gasteiger partial charge >= 0.3 is 5.69 Å². The van der Waals surface area contributed by atoms with E-state index < -0.39 is 28.9 Å². The fourth-order valence-corrected chi connectivity index (χ4v) is 3.66. The Labute approximate surface area is 202 Å². The zero-order valence-electron chi connectivity index (χ0n) is 20.0. The Morgan fingerprint density at radius 2 is 1.79 bits per heavy atom. The molecule has 0 unspecified atom stereocenters. The van der Waals surface area contributed by atoms with E-state index in [0.717, 1.165) is 4.90 Å². The van der Waals surface area contributed by atoms with E-state index in [2.05, 4.69) is 4.98 Å². The molecule has 0 radical (unpaired) electrons. The van der Waals surface area contributed by atoms with Crippen LogP contribution in [-0.4, -0.2) is 46.4 Å². The quantitative estimate of drug-likeness (QED) is 0.552. The number of nitrogens with zero attached hydrogens (tertiary/aromatic N) is 3. The topological polar surface area (TPSA) is 121 Å². The van der Waals surface area contributed by atoms with E-state index in [4.69, 9.17) is 17.3 Å². The van der Waals surface area contributed by atoms with E-state index in [9.17, 15) is 23.6 Å². The molecule has 0 aliphatic carbocycles. The molecule has 0 bridgehead atoms. The van der Waals surface area contributed by atoms with Crippen molar-refractivity contribution in [3.8, 4) is 0 Å². The van der Waals surface area contributed by atoms with Gasteiger partial charge in [0.25, 0.3) is 5.56 Å². The number of H-pyrrole nitrogens is 1. The average Bonchev–Trinajstić information content (AvgIpc) is 2.72. The lowest BCUT2D eigenvalue weighted by atomic mass is 10.1. The molecule has 2 rings (SSSR count). The standard InChI is InChI=1S/C23H31ClFN5O4/c1-13(2)10-29(20-21(26)30(11-14(3)4)23(34)27-22(20)33)19(32)12-28(5)18(31)9-15-16(24)7-6-8-17(15)25/h6-8,13-14H,9-12,26H2,1-5H3,(H,27,33,34). The molecule has 3 N–H and O–H groups in total. The van der Waals surface area contributed by atoms with Crippen molar-refractivity contribution in [1.82, 2.24) is 14.5 Å². The minimum atomic E-state index is -0.788. The molecule has 2 amide bonds. The number of anilines is 2. The van der Waals surface area contributed by atoms with Crippen LogP contribution in [0.1, 0.15) is 33.3 Å². The van der Waals surface area contributed by atoms with Crippen LogP contribution in [0.5, 0.6) is 0 Å². The van der Waals surface area contributed by atoms with Crippen molar-refractivity contribution in [2.24, 2.45) is 11.8 Å². The summed E-state index contributed by atoms with van der Waals surface area (Å²) in [6, 6.07) is 4.11. The molecule has 186 valence electrons. The van der Waals surface area contributed by atoms with E-state index >= 15 is 0 Å². The van der Waals surface area contributed by atoms with Crippen LogP contribution in [0.25, 0.3) is 0 Å². The Morgan fingerprint density at radius 1 is 1.15 bits per heavy atom. The molecule has 0 aliphatic heterocycles. The number of carbonyl (C=O) groups is 2. The maximum Gasteiger partial charge on any atom is 0.330 e. The average molecular weight is 496 g/mol.